The Balaban J connectivity index is 1.46. The zero-order valence-electron chi connectivity index (χ0n) is 21.0. The van der Waals surface area contributed by atoms with Crippen molar-refractivity contribution in [1.82, 2.24) is 19.5 Å². The Kier molecular flexibility index (Phi) is 9.34. The van der Waals surface area contributed by atoms with E-state index in [2.05, 4.69) is 15.6 Å². The number of nitrogens with one attached hydrogen (secondary N) is 2. The van der Waals surface area contributed by atoms with E-state index >= 15 is 0 Å². The van der Waals surface area contributed by atoms with Crippen molar-refractivity contribution in [2.45, 2.75) is 38.5 Å². The third-order valence-corrected chi connectivity index (χ3v) is 8.39. The highest BCUT2D eigenvalue weighted by molar-refractivity contribution is 7.89. The molecule has 11 heteroatoms. The van der Waals surface area contributed by atoms with Crippen LogP contribution in [0.4, 0.5) is 11.5 Å². The zero-order chi connectivity index (χ0) is 26.1. The largest absolute Gasteiger partial charge is 0.491 e. The topological polar surface area (TPSA) is 121 Å². The molecule has 0 unspecified atom stereocenters. The van der Waals surface area contributed by atoms with Crippen molar-refractivity contribution in [3.63, 3.8) is 0 Å². The molecule has 1 saturated heterocycles. The lowest BCUT2D eigenvalue weighted by Crippen LogP contribution is -2.43. The molecule has 0 saturated carbocycles. The van der Waals surface area contributed by atoms with Crippen molar-refractivity contribution in [3.8, 4) is 5.75 Å². The second kappa shape index (κ2) is 12.9. The van der Waals surface area contributed by atoms with E-state index in [9.17, 15) is 18.0 Å². The van der Waals surface area contributed by atoms with Crippen LogP contribution >= 0.6 is 0 Å². The summed E-state index contributed by atoms with van der Waals surface area (Å²) in [5.74, 6) is 0.214. The molecule has 10 nitrogen and oxygen atoms in total. The number of anilines is 2. The Morgan fingerprint density at radius 1 is 1.00 bits per heavy atom. The highest BCUT2D eigenvalue weighted by atomic mass is 32.2. The van der Waals surface area contributed by atoms with Gasteiger partial charge in [-0.05, 0) is 49.9 Å². The van der Waals surface area contributed by atoms with E-state index < -0.39 is 10.0 Å². The molecule has 0 radical (unpaired) electrons. The van der Waals surface area contributed by atoms with Crippen LogP contribution < -0.4 is 15.4 Å². The molecule has 2 aliphatic heterocycles. The van der Waals surface area contributed by atoms with E-state index in [4.69, 9.17) is 4.74 Å². The van der Waals surface area contributed by atoms with Crippen molar-refractivity contribution in [2.24, 2.45) is 0 Å². The minimum absolute atomic E-state index is 0.0101. The summed E-state index contributed by atoms with van der Waals surface area (Å²) < 4.78 is 32.3. The van der Waals surface area contributed by atoms with Crippen molar-refractivity contribution >= 4 is 33.3 Å². The van der Waals surface area contributed by atoms with Crippen molar-refractivity contribution in [1.29, 1.82) is 0 Å². The first-order valence-electron chi connectivity index (χ1n) is 12.9. The monoisotopic (exact) mass is 529 g/mol. The number of hydrogen-bond acceptors (Lipinski definition) is 7. The summed E-state index contributed by atoms with van der Waals surface area (Å²) in [7, 11) is -3.39. The SMILES string of the molecule is O=C(CN1CCCCCCOc2ccccc2Nc2ncccc2C1=O)NCCS(=O)(=O)N1CCCC1. The molecule has 37 heavy (non-hydrogen) atoms. The molecule has 0 atom stereocenters. The summed E-state index contributed by atoms with van der Waals surface area (Å²) in [6, 6.07) is 10.9. The number of pyridine rings is 1. The first-order valence-corrected chi connectivity index (χ1v) is 14.5. The van der Waals surface area contributed by atoms with Crippen LogP contribution in [0.15, 0.2) is 42.6 Å². The number of amides is 2. The summed E-state index contributed by atoms with van der Waals surface area (Å²) in [5.41, 5.74) is 1.05. The van der Waals surface area contributed by atoms with Crippen LogP contribution in [0.1, 0.15) is 48.9 Å². The van der Waals surface area contributed by atoms with Gasteiger partial charge in [0.25, 0.3) is 5.91 Å². The number of sulfonamides is 1. The molecular formula is C26H35N5O5S. The van der Waals surface area contributed by atoms with E-state index in [-0.39, 0.29) is 30.7 Å². The van der Waals surface area contributed by atoms with Crippen LogP contribution in [-0.4, -0.2) is 79.5 Å². The van der Waals surface area contributed by atoms with E-state index in [0.717, 1.165) is 38.5 Å². The third-order valence-electron chi connectivity index (χ3n) is 6.52. The molecular weight excluding hydrogens is 494 g/mol. The minimum atomic E-state index is -3.39. The number of fused-ring (bicyclic) bond motifs is 2. The second-order valence-corrected chi connectivity index (χ2v) is 11.4. The van der Waals surface area contributed by atoms with Gasteiger partial charge in [0, 0.05) is 32.4 Å². The van der Waals surface area contributed by atoms with Gasteiger partial charge in [-0.3, -0.25) is 9.59 Å². The van der Waals surface area contributed by atoms with Gasteiger partial charge in [-0.15, -0.1) is 0 Å². The fourth-order valence-corrected chi connectivity index (χ4v) is 5.94. The lowest BCUT2D eigenvalue weighted by atomic mass is 10.1. The number of ether oxygens (including phenoxy) is 1. The van der Waals surface area contributed by atoms with Gasteiger partial charge in [-0.2, -0.15) is 0 Å². The van der Waals surface area contributed by atoms with Crippen molar-refractivity contribution in [3.05, 3.63) is 48.2 Å². The zero-order valence-corrected chi connectivity index (χ0v) is 21.8. The van der Waals surface area contributed by atoms with Crippen molar-refractivity contribution in [2.75, 3.05) is 50.4 Å². The molecule has 0 spiro atoms. The van der Waals surface area contributed by atoms with Crippen LogP contribution in [0.25, 0.3) is 0 Å². The lowest BCUT2D eigenvalue weighted by Gasteiger charge is -2.24. The molecule has 1 fully saturated rings. The molecule has 0 aliphatic carbocycles. The quantitative estimate of drug-likeness (QED) is 0.590. The van der Waals surface area contributed by atoms with E-state index in [1.54, 1.807) is 18.3 Å². The van der Waals surface area contributed by atoms with Gasteiger partial charge in [0.1, 0.15) is 11.6 Å². The first kappa shape index (κ1) is 26.9. The van der Waals surface area contributed by atoms with E-state index in [1.807, 2.05) is 24.3 Å². The minimum Gasteiger partial charge on any atom is -0.491 e. The molecule has 2 aromatic rings. The highest BCUT2D eigenvalue weighted by Gasteiger charge is 2.26. The summed E-state index contributed by atoms with van der Waals surface area (Å²) in [4.78, 5) is 32.2. The Labute approximate surface area is 218 Å². The maximum atomic E-state index is 13.6. The molecule has 2 aliphatic rings. The van der Waals surface area contributed by atoms with Gasteiger partial charge in [0.05, 0.1) is 30.2 Å². The number of hydrogen-bond donors (Lipinski definition) is 2. The summed E-state index contributed by atoms with van der Waals surface area (Å²) in [6.45, 7) is 1.92. The molecule has 1 aromatic heterocycles. The number of nitrogens with zero attached hydrogens (tertiary/aromatic N) is 3. The standard InChI is InChI=1S/C26H35N5O5S/c32-24(27-14-19-37(34,35)31-16-6-7-17-31)20-30-15-5-1-2-8-18-36-23-12-4-3-11-22(23)29-25-21(26(30)33)10-9-13-28-25/h3-4,9-13H,1-2,5-8,14-20H2,(H,27,32)(H,28,29). The Hall–Kier alpha value is -3.18. The van der Waals surface area contributed by atoms with Crippen LogP contribution in [0.3, 0.4) is 0 Å². The normalized spacial score (nSPS) is 17.6. The van der Waals surface area contributed by atoms with E-state index in [1.165, 1.54) is 9.21 Å². The number of rotatable bonds is 6. The Morgan fingerprint density at radius 3 is 2.59 bits per heavy atom. The highest BCUT2D eigenvalue weighted by Crippen LogP contribution is 2.29. The predicted molar refractivity (Wildman–Crippen MR) is 141 cm³/mol. The maximum absolute atomic E-state index is 13.6. The van der Waals surface area contributed by atoms with Crippen LogP contribution in [-0.2, 0) is 14.8 Å². The first-order chi connectivity index (χ1) is 17.9. The molecule has 2 amide bonds. The number of benzene rings is 1. The van der Waals surface area contributed by atoms with Crippen LogP contribution in [0, 0.1) is 0 Å². The number of carbonyl (C=O) groups excluding carboxylic acids is 2. The molecule has 2 N–H and O–H groups in total. The molecule has 0 bridgehead atoms. The maximum Gasteiger partial charge on any atom is 0.258 e. The van der Waals surface area contributed by atoms with E-state index in [0.29, 0.717) is 49.1 Å². The summed E-state index contributed by atoms with van der Waals surface area (Å²) in [5, 5.41) is 5.91. The van der Waals surface area contributed by atoms with Gasteiger partial charge in [-0.25, -0.2) is 17.7 Å². The van der Waals surface area contributed by atoms with Gasteiger partial charge in [-0.1, -0.05) is 25.0 Å². The summed E-state index contributed by atoms with van der Waals surface area (Å²) >= 11 is 0. The number of para-hydroxylation sites is 2. The summed E-state index contributed by atoms with van der Waals surface area (Å²) in [6.07, 6.45) is 6.78. The number of aromatic nitrogens is 1. The number of carbonyl (C=O) groups is 2. The smallest absolute Gasteiger partial charge is 0.258 e. The van der Waals surface area contributed by atoms with Gasteiger partial charge >= 0.3 is 0 Å². The van der Waals surface area contributed by atoms with Crippen LogP contribution in [0.2, 0.25) is 0 Å². The molecule has 1 aromatic carbocycles. The fraction of sp³-hybridized carbons (Fsp3) is 0.500. The predicted octanol–water partition coefficient (Wildman–Crippen LogP) is 2.76. The molecule has 3 heterocycles. The third kappa shape index (κ3) is 7.42. The second-order valence-electron chi connectivity index (χ2n) is 9.28. The van der Waals surface area contributed by atoms with Crippen molar-refractivity contribution < 1.29 is 22.7 Å². The van der Waals surface area contributed by atoms with Gasteiger partial charge < -0.3 is 20.3 Å². The Morgan fingerprint density at radius 2 is 1.76 bits per heavy atom. The van der Waals surface area contributed by atoms with Gasteiger partial charge in [0.2, 0.25) is 15.9 Å². The molecule has 4 rings (SSSR count). The average Bonchev–Trinajstić information content (AvgIpc) is 3.44. The average molecular weight is 530 g/mol. The van der Waals surface area contributed by atoms with Crippen LogP contribution in [0.5, 0.6) is 5.75 Å². The van der Waals surface area contributed by atoms with Gasteiger partial charge in [0.15, 0.2) is 0 Å². The molecule has 200 valence electrons. The fourth-order valence-electron chi connectivity index (χ4n) is 4.51. The lowest BCUT2D eigenvalue weighted by molar-refractivity contribution is -0.121. The Bertz CT molecular complexity index is 1180.